The molecule has 2 aromatic rings. The molecule has 2 aromatic carbocycles. The third-order valence-electron chi connectivity index (χ3n) is 4.22. The number of amides is 2. The van der Waals surface area contributed by atoms with Crippen molar-refractivity contribution < 1.29 is 18.4 Å². The van der Waals surface area contributed by atoms with E-state index in [-0.39, 0.29) is 17.9 Å². The predicted octanol–water partition coefficient (Wildman–Crippen LogP) is 3.30. The lowest BCUT2D eigenvalue weighted by atomic mass is 10.1. The van der Waals surface area contributed by atoms with Crippen LogP contribution in [0.25, 0.3) is 6.08 Å². The van der Waals surface area contributed by atoms with Crippen LogP contribution in [0.2, 0.25) is 0 Å². The number of anilines is 2. The molecule has 4 nitrogen and oxygen atoms in total. The summed E-state index contributed by atoms with van der Waals surface area (Å²) in [5.41, 5.74) is 8.04. The fraction of sp³-hybridized carbons (Fsp3) is 0.158. The Hall–Kier alpha value is -3.02. The van der Waals surface area contributed by atoms with Crippen LogP contribution in [-0.2, 0) is 16.0 Å². The Morgan fingerprint density at radius 3 is 2.64 bits per heavy atom. The molecule has 2 N–H and O–H groups in total. The van der Waals surface area contributed by atoms with Crippen molar-refractivity contribution in [3.63, 3.8) is 0 Å². The highest BCUT2D eigenvalue weighted by atomic mass is 19.2. The third kappa shape index (κ3) is 2.91. The standard InChI is InChI=1S/C19H16F2N2O2/c1-10-7-14(20)18(21)11(2)19(10)23-15-8-12(4-6-16(22)24)3-5-13(15)9-17(23)25/h3-8H,9H2,1-2H3,(H2,22,24)/b6-4+. The Labute approximate surface area is 143 Å². The van der Waals surface area contributed by atoms with Gasteiger partial charge in [-0.05, 0) is 48.7 Å². The van der Waals surface area contributed by atoms with Crippen LogP contribution < -0.4 is 10.6 Å². The summed E-state index contributed by atoms with van der Waals surface area (Å²) in [6, 6.07) is 6.35. The molecule has 1 heterocycles. The number of fused-ring (bicyclic) bond motifs is 1. The molecule has 0 saturated carbocycles. The van der Waals surface area contributed by atoms with E-state index in [2.05, 4.69) is 0 Å². The van der Waals surface area contributed by atoms with Gasteiger partial charge in [0.15, 0.2) is 11.6 Å². The molecule has 1 aliphatic heterocycles. The van der Waals surface area contributed by atoms with Crippen molar-refractivity contribution in [1.29, 1.82) is 0 Å². The van der Waals surface area contributed by atoms with Crippen molar-refractivity contribution in [2.24, 2.45) is 5.73 Å². The number of primary amides is 1. The minimum atomic E-state index is -0.966. The lowest BCUT2D eigenvalue weighted by molar-refractivity contribution is -0.116. The van der Waals surface area contributed by atoms with Crippen LogP contribution in [0.4, 0.5) is 20.2 Å². The minimum Gasteiger partial charge on any atom is -0.366 e. The molecule has 6 heteroatoms. The SMILES string of the molecule is Cc1cc(F)c(F)c(C)c1N1C(=O)Cc2ccc(/C=C/C(N)=O)cc21. The summed E-state index contributed by atoms with van der Waals surface area (Å²) in [7, 11) is 0. The molecule has 0 bridgehead atoms. The van der Waals surface area contributed by atoms with Crippen molar-refractivity contribution >= 4 is 29.3 Å². The van der Waals surface area contributed by atoms with Gasteiger partial charge in [-0.1, -0.05) is 12.1 Å². The molecular weight excluding hydrogens is 326 g/mol. The summed E-state index contributed by atoms with van der Waals surface area (Å²) in [5, 5.41) is 0. The molecule has 128 valence electrons. The molecule has 0 atom stereocenters. The fourth-order valence-corrected chi connectivity index (χ4v) is 3.09. The lowest BCUT2D eigenvalue weighted by Crippen LogP contribution is -2.23. The van der Waals surface area contributed by atoms with Gasteiger partial charge in [0.1, 0.15) is 0 Å². The second kappa shape index (κ2) is 6.12. The van der Waals surface area contributed by atoms with E-state index in [1.807, 2.05) is 0 Å². The summed E-state index contributed by atoms with van der Waals surface area (Å²) in [6.07, 6.45) is 2.93. The third-order valence-corrected chi connectivity index (χ3v) is 4.22. The maximum absolute atomic E-state index is 14.0. The van der Waals surface area contributed by atoms with Gasteiger partial charge in [0.2, 0.25) is 11.8 Å². The Kier molecular flexibility index (Phi) is 4.12. The molecule has 1 aliphatic rings. The maximum Gasteiger partial charge on any atom is 0.241 e. The number of nitrogens with zero attached hydrogens (tertiary/aromatic N) is 1. The average molecular weight is 342 g/mol. The minimum absolute atomic E-state index is 0.0804. The van der Waals surface area contributed by atoms with Crippen LogP contribution in [0, 0.1) is 25.5 Å². The molecular formula is C19H16F2N2O2. The summed E-state index contributed by atoms with van der Waals surface area (Å²) in [5.74, 6) is -2.71. The largest absolute Gasteiger partial charge is 0.366 e. The van der Waals surface area contributed by atoms with Crippen LogP contribution in [0.1, 0.15) is 22.3 Å². The second-order valence-corrected chi connectivity index (χ2v) is 5.99. The second-order valence-electron chi connectivity index (χ2n) is 5.99. The molecule has 0 unspecified atom stereocenters. The van der Waals surface area contributed by atoms with Gasteiger partial charge in [0.05, 0.1) is 17.8 Å². The topological polar surface area (TPSA) is 63.4 Å². The molecule has 0 aromatic heterocycles. The zero-order valence-corrected chi connectivity index (χ0v) is 13.8. The van der Waals surface area contributed by atoms with E-state index in [1.54, 1.807) is 25.1 Å². The molecule has 0 fully saturated rings. The predicted molar refractivity (Wildman–Crippen MR) is 91.4 cm³/mol. The van der Waals surface area contributed by atoms with Gasteiger partial charge in [-0.2, -0.15) is 0 Å². The average Bonchev–Trinajstić information content (AvgIpc) is 2.86. The first-order valence-corrected chi connectivity index (χ1v) is 7.68. The number of carbonyl (C=O) groups excluding carboxylic acids is 2. The molecule has 0 radical (unpaired) electrons. The van der Waals surface area contributed by atoms with E-state index in [9.17, 15) is 18.4 Å². The fourth-order valence-electron chi connectivity index (χ4n) is 3.09. The number of benzene rings is 2. The molecule has 0 saturated heterocycles. The van der Waals surface area contributed by atoms with Crippen molar-refractivity contribution in [1.82, 2.24) is 0 Å². The van der Waals surface area contributed by atoms with E-state index in [0.717, 1.165) is 11.6 Å². The van der Waals surface area contributed by atoms with Gasteiger partial charge in [0.25, 0.3) is 0 Å². The van der Waals surface area contributed by atoms with Crippen LogP contribution in [0.15, 0.2) is 30.3 Å². The van der Waals surface area contributed by atoms with Gasteiger partial charge in [0, 0.05) is 11.6 Å². The summed E-state index contributed by atoms with van der Waals surface area (Å²) >= 11 is 0. The lowest BCUT2D eigenvalue weighted by Gasteiger charge is -2.23. The number of halogens is 2. The van der Waals surface area contributed by atoms with Crippen molar-refractivity contribution in [3.05, 3.63) is 64.2 Å². The van der Waals surface area contributed by atoms with E-state index in [4.69, 9.17) is 5.73 Å². The molecule has 3 rings (SSSR count). The van der Waals surface area contributed by atoms with Crippen LogP contribution in [0.3, 0.4) is 0 Å². The number of aryl methyl sites for hydroxylation is 1. The zero-order valence-electron chi connectivity index (χ0n) is 13.8. The van der Waals surface area contributed by atoms with E-state index in [1.165, 1.54) is 24.0 Å². The van der Waals surface area contributed by atoms with Crippen LogP contribution in [-0.4, -0.2) is 11.8 Å². The molecule has 0 aliphatic carbocycles. The van der Waals surface area contributed by atoms with E-state index < -0.39 is 17.5 Å². The van der Waals surface area contributed by atoms with Gasteiger partial charge in [-0.15, -0.1) is 0 Å². The molecule has 0 spiro atoms. The Balaban J connectivity index is 2.15. The first kappa shape index (κ1) is 16.8. The van der Waals surface area contributed by atoms with Gasteiger partial charge in [-0.25, -0.2) is 8.78 Å². The highest BCUT2D eigenvalue weighted by Gasteiger charge is 2.32. The van der Waals surface area contributed by atoms with Crippen molar-refractivity contribution in [2.75, 3.05) is 4.90 Å². The highest BCUT2D eigenvalue weighted by Crippen LogP contribution is 2.40. The Morgan fingerprint density at radius 2 is 1.96 bits per heavy atom. The number of hydrogen-bond acceptors (Lipinski definition) is 2. The normalized spacial score (nSPS) is 13.6. The van der Waals surface area contributed by atoms with E-state index >= 15 is 0 Å². The van der Waals surface area contributed by atoms with E-state index in [0.29, 0.717) is 22.5 Å². The van der Waals surface area contributed by atoms with Crippen LogP contribution in [0.5, 0.6) is 0 Å². The van der Waals surface area contributed by atoms with Gasteiger partial charge in [-0.3, -0.25) is 14.5 Å². The Bertz CT molecular complexity index is 936. The van der Waals surface area contributed by atoms with Crippen molar-refractivity contribution in [3.8, 4) is 0 Å². The zero-order chi connectivity index (χ0) is 18.3. The molecule has 25 heavy (non-hydrogen) atoms. The smallest absolute Gasteiger partial charge is 0.241 e. The quantitative estimate of drug-likeness (QED) is 0.870. The van der Waals surface area contributed by atoms with Gasteiger partial charge < -0.3 is 5.73 Å². The molecule has 2 amide bonds. The summed E-state index contributed by atoms with van der Waals surface area (Å²) < 4.78 is 27.7. The number of hydrogen-bond donors (Lipinski definition) is 1. The Morgan fingerprint density at radius 1 is 1.24 bits per heavy atom. The highest BCUT2D eigenvalue weighted by molar-refractivity contribution is 6.08. The number of nitrogens with two attached hydrogens (primary N) is 1. The monoisotopic (exact) mass is 342 g/mol. The number of rotatable bonds is 3. The first-order valence-electron chi connectivity index (χ1n) is 7.68. The summed E-state index contributed by atoms with van der Waals surface area (Å²) in [6.45, 7) is 3.08. The van der Waals surface area contributed by atoms with Crippen LogP contribution >= 0.6 is 0 Å². The number of carbonyl (C=O) groups is 2. The van der Waals surface area contributed by atoms with Crippen molar-refractivity contribution in [2.45, 2.75) is 20.3 Å². The first-order chi connectivity index (χ1) is 11.8. The van der Waals surface area contributed by atoms with Gasteiger partial charge >= 0.3 is 0 Å². The summed E-state index contributed by atoms with van der Waals surface area (Å²) in [4.78, 5) is 24.8. The maximum atomic E-state index is 14.0.